The molecule has 0 N–H and O–H groups in total. The Morgan fingerprint density at radius 1 is 0.882 bits per heavy atom. The first-order chi connectivity index (χ1) is 16.5. The van der Waals surface area contributed by atoms with Gasteiger partial charge in [0.05, 0.1) is 0 Å². The molecule has 0 radical (unpaired) electrons. The molecular formula is C27H33N5O2. The number of hydrogen-bond donors (Lipinski definition) is 0. The normalized spacial score (nSPS) is 17.3. The zero-order valence-corrected chi connectivity index (χ0v) is 20.3. The molecule has 7 nitrogen and oxygen atoms in total. The molecule has 2 aliphatic heterocycles. The fraction of sp³-hybridized carbons (Fsp3) is 0.444. The van der Waals surface area contributed by atoms with Gasteiger partial charge in [0.2, 0.25) is 11.7 Å². The quantitative estimate of drug-likeness (QED) is 0.582. The van der Waals surface area contributed by atoms with Crippen LogP contribution < -0.4 is 9.80 Å². The summed E-state index contributed by atoms with van der Waals surface area (Å²) in [6, 6.07) is 15.2. The van der Waals surface area contributed by atoms with E-state index in [4.69, 9.17) is 4.52 Å². The van der Waals surface area contributed by atoms with Gasteiger partial charge in [0.25, 0.3) is 0 Å². The van der Waals surface area contributed by atoms with Gasteiger partial charge in [-0.1, -0.05) is 41.6 Å². The van der Waals surface area contributed by atoms with Crippen LogP contribution in [0, 0.1) is 26.7 Å². The van der Waals surface area contributed by atoms with Crippen molar-refractivity contribution < 1.29 is 9.32 Å². The number of piperazine rings is 1. The topological polar surface area (TPSA) is 65.7 Å². The highest BCUT2D eigenvalue weighted by Gasteiger charge is 2.32. The van der Waals surface area contributed by atoms with Crippen molar-refractivity contribution in [2.75, 3.05) is 49.1 Å². The van der Waals surface area contributed by atoms with E-state index in [1.165, 1.54) is 16.8 Å². The van der Waals surface area contributed by atoms with Crippen LogP contribution in [0.3, 0.4) is 0 Å². The second-order valence-electron chi connectivity index (χ2n) is 9.58. The smallest absolute Gasteiger partial charge is 0.324 e. The van der Waals surface area contributed by atoms with E-state index in [1.54, 1.807) is 0 Å². The van der Waals surface area contributed by atoms with E-state index in [1.807, 2.05) is 31.2 Å². The summed E-state index contributed by atoms with van der Waals surface area (Å²) >= 11 is 0. The molecule has 0 aliphatic carbocycles. The number of rotatable bonds is 4. The van der Waals surface area contributed by atoms with E-state index < -0.39 is 0 Å². The molecule has 2 aromatic carbocycles. The Hall–Kier alpha value is -3.35. The number of nitrogens with zero attached hydrogens (tertiary/aromatic N) is 5. The minimum absolute atomic E-state index is 0.0715. The van der Waals surface area contributed by atoms with Crippen molar-refractivity contribution in [1.82, 2.24) is 15.0 Å². The van der Waals surface area contributed by atoms with Gasteiger partial charge in [-0.05, 0) is 56.4 Å². The van der Waals surface area contributed by atoms with Gasteiger partial charge in [-0.15, -0.1) is 0 Å². The molecule has 7 heteroatoms. The van der Waals surface area contributed by atoms with E-state index in [-0.39, 0.29) is 5.92 Å². The zero-order valence-electron chi connectivity index (χ0n) is 20.3. The molecular weight excluding hydrogens is 426 g/mol. The van der Waals surface area contributed by atoms with E-state index >= 15 is 0 Å². The number of carbonyl (C=O) groups is 1. The van der Waals surface area contributed by atoms with Crippen LogP contribution in [-0.2, 0) is 4.79 Å². The summed E-state index contributed by atoms with van der Waals surface area (Å²) in [4.78, 5) is 24.4. The SMILES string of the molecule is Cc1ccc(C)c(N2CCN(C(=O)C3CCN(c4nc(-c5ccccc5C)no4)CC3)CC2)c1. The number of benzene rings is 2. The van der Waals surface area contributed by atoms with Crippen molar-refractivity contribution in [3.05, 3.63) is 59.2 Å². The minimum atomic E-state index is 0.0715. The Balaban J connectivity index is 1.15. The molecule has 0 atom stereocenters. The summed E-state index contributed by atoms with van der Waals surface area (Å²) in [6.45, 7) is 11.2. The molecule has 5 rings (SSSR count). The average Bonchev–Trinajstić information content (AvgIpc) is 3.36. The van der Waals surface area contributed by atoms with E-state index in [0.717, 1.165) is 63.2 Å². The van der Waals surface area contributed by atoms with Crippen LogP contribution in [0.4, 0.5) is 11.7 Å². The van der Waals surface area contributed by atoms with E-state index in [0.29, 0.717) is 17.7 Å². The zero-order chi connectivity index (χ0) is 23.7. The van der Waals surface area contributed by atoms with Gasteiger partial charge in [0, 0.05) is 56.4 Å². The second-order valence-corrected chi connectivity index (χ2v) is 9.58. The van der Waals surface area contributed by atoms with Crippen LogP contribution in [0.15, 0.2) is 47.0 Å². The lowest BCUT2D eigenvalue weighted by atomic mass is 9.95. The van der Waals surface area contributed by atoms with Crippen LogP contribution in [0.5, 0.6) is 0 Å². The molecule has 0 unspecified atom stereocenters. The Morgan fingerprint density at radius 2 is 1.62 bits per heavy atom. The van der Waals surface area contributed by atoms with Gasteiger partial charge >= 0.3 is 6.01 Å². The maximum absolute atomic E-state index is 13.2. The number of aryl methyl sites for hydroxylation is 3. The summed E-state index contributed by atoms with van der Waals surface area (Å²) < 4.78 is 5.56. The number of aromatic nitrogens is 2. The number of carbonyl (C=O) groups excluding carboxylic acids is 1. The predicted octanol–water partition coefficient (Wildman–Crippen LogP) is 4.23. The Bertz CT molecular complexity index is 1160. The first-order valence-electron chi connectivity index (χ1n) is 12.3. The lowest BCUT2D eigenvalue weighted by molar-refractivity contribution is -0.136. The first kappa shape index (κ1) is 22.4. The average molecular weight is 460 g/mol. The molecule has 0 spiro atoms. The Kier molecular flexibility index (Phi) is 6.26. The third-order valence-corrected chi connectivity index (χ3v) is 7.21. The van der Waals surface area contributed by atoms with Gasteiger partial charge in [0.1, 0.15) is 0 Å². The monoisotopic (exact) mass is 459 g/mol. The van der Waals surface area contributed by atoms with Gasteiger partial charge in [0.15, 0.2) is 0 Å². The summed E-state index contributed by atoms with van der Waals surface area (Å²) in [5.74, 6) is 0.988. The van der Waals surface area contributed by atoms with Crippen LogP contribution >= 0.6 is 0 Å². The van der Waals surface area contributed by atoms with Crippen molar-refractivity contribution in [2.24, 2.45) is 5.92 Å². The van der Waals surface area contributed by atoms with Gasteiger partial charge in [-0.3, -0.25) is 4.79 Å². The minimum Gasteiger partial charge on any atom is -0.368 e. The van der Waals surface area contributed by atoms with Crippen LogP contribution in [0.2, 0.25) is 0 Å². The third kappa shape index (κ3) is 4.52. The third-order valence-electron chi connectivity index (χ3n) is 7.21. The number of anilines is 2. The van der Waals surface area contributed by atoms with Crippen LogP contribution in [0.1, 0.15) is 29.5 Å². The molecule has 3 heterocycles. The molecule has 3 aromatic rings. The van der Waals surface area contributed by atoms with Crippen molar-refractivity contribution in [3.8, 4) is 11.4 Å². The molecule has 2 fully saturated rings. The van der Waals surface area contributed by atoms with Crippen molar-refractivity contribution in [1.29, 1.82) is 0 Å². The lowest BCUT2D eigenvalue weighted by Crippen LogP contribution is -2.51. The van der Waals surface area contributed by atoms with Crippen molar-refractivity contribution >= 4 is 17.6 Å². The van der Waals surface area contributed by atoms with Crippen molar-refractivity contribution in [3.63, 3.8) is 0 Å². The molecule has 0 saturated carbocycles. The highest BCUT2D eigenvalue weighted by Crippen LogP contribution is 2.28. The molecule has 2 aliphatic rings. The second kappa shape index (κ2) is 9.49. The molecule has 1 amide bonds. The predicted molar refractivity (Wildman–Crippen MR) is 134 cm³/mol. The highest BCUT2D eigenvalue weighted by atomic mass is 16.5. The molecule has 34 heavy (non-hydrogen) atoms. The van der Waals surface area contributed by atoms with Gasteiger partial charge in [-0.2, -0.15) is 4.98 Å². The summed E-state index contributed by atoms with van der Waals surface area (Å²) in [5, 5.41) is 4.19. The van der Waals surface area contributed by atoms with Gasteiger partial charge < -0.3 is 19.2 Å². The summed E-state index contributed by atoms with van der Waals surface area (Å²) in [5.41, 5.74) is 5.98. The maximum atomic E-state index is 13.2. The fourth-order valence-electron chi connectivity index (χ4n) is 5.08. The summed E-state index contributed by atoms with van der Waals surface area (Å²) in [6.07, 6.45) is 1.64. The van der Waals surface area contributed by atoms with E-state index in [9.17, 15) is 4.79 Å². The van der Waals surface area contributed by atoms with E-state index in [2.05, 4.69) is 56.9 Å². The van der Waals surface area contributed by atoms with Crippen molar-refractivity contribution in [2.45, 2.75) is 33.6 Å². The molecule has 1 aromatic heterocycles. The Labute approximate surface area is 201 Å². The number of amides is 1. The molecule has 2 saturated heterocycles. The van der Waals surface area contributed by atoms with Gasteiger partial charge in [-0.25, -0.2) is 0 Å². The number of hydrogen-bond acceptors (Lipinski definition) is 6. The standard InChI is InChI=1S/C27H33N5O2/c1-19-8-9-21(3)24(18-19)30-14-16-31(17-15-30)26(33)22-10-12-32(13-11-22)27-28-25(29-34-27)23-7-5-4-6-20(23)2/h4-9,18,22H,10-17H2,1-3H3. The maximum Gasteiger partial charge on any atom is 0.324 e. The van der Waals surface area contributed by atoms with Crippen LogP contribution in [0.25, 0.3) is 11.4 Å². The highest BCUT2D eigenvalue weighted by molar-refractivity contribution is 5.79. The Morgan fingerprint density at radius 3 is 2.35 bits per heavy atom. The first-order valence-corrected chi connectivity index (χ1v) is 12.3. The van der Waals surface area contributed by atoms with Crippen LogP contribution in [-0.4, -0.2) is 60.2 Å². The molecule has 178 valence electrons. The number of piperidine rings is 1. The fourth-order valence-corrected chi connectivity index (χ4v) is 5.08. The molecule has 0 bridgehead atoms. The summed E-state index contributed by atoms with van der Waals surface area (Å²) in [7, 11) is 0. The largest absolute Gasteiger partial charge is 0.368 e. The lowest BCUT2D eigenvalue weighted by Gasteiger charge is -2.39.